The number of carboxylic acid groups (broad SMARTS) is 1. The Morgan fingerprint density at radius 2 is 2.00 bits per heavy atom. The highest BCUT2D eigenvalue weighted by molar-refractivity contribution is 7.89. The fraction of sp³-hybridized carbons (Fsp3) is 0.357. The molecule has 0 aliphatic rings. The summed E-state index contributed by atoms with van der Waals surface area (Å²) in [4.78, 5) is 11.1. The quantitative estimate of drug-likeness (QED) is 0.877. The number of halogens is 1. The third-order valence-electron chi connectivity index (χ3n) is 3.31. The molecule has 1 atom stereocenters. The van der Waals surface area contributed by atoms with Gasteiger partial charge in [-0.2, -0.15) is 4.72 Å². The molecule has 6 nitrogen and oxygen atoms in total. The van der Waals surface area contributed by atoms with Crippen molar-refractivity contribution in [3.63, 3.8) is 0 Å². The fourth-order valence-electron chi connectivity index (χ4n) is 2.12. The number of hydrogen-bond donors (Lipinski definition) is 2. The van der Waals surface area contributed by atoms with E-state index in [1.165, 1.54) is 19.1 Å². The minimum absolute atomic E-state index is 0.218. The van der Waals surface area contributed by atoms with Crippen LogP contribution in [0.25, 0.3) is 11.0 Å². The van der Waals surface area contributed by atoms with Crippen molar-refractivity contribution < 1.29 is 27.1 Å². The Hall–Kier alpha value is -1.93. The van der Waals surface area contributed by atoms with Crippen LogP contribution in [0.2, 0.25) is 0 Å². The minimum atomic E-state index is -4.17. The van der Waals surface area contributed by atoms with E-state index in [2.05, 4.69) is 4.72 Å². The number of fused-ring (bicyclic) bond motifs is 1. The Morgan fingerprint density at radius 1 is 1.36 bits per heavy atom. The van der Waals surface area contributed by atoms with Gasteiger partial charge in [-0.15, -0.1) is 0 Å². The maximum absolute atomic E-state index is 13.3. The van der Waals surface area contributed by atoms with Crippen molar-refractivity contribution in [3.8, 4) is 0 Å². The van der Waals surface area contributed by atoms with Crippen molar-refractivity contribution in [2.24, 2.45) is 5.92 Å². The van der Waals surface area contributed by atoms with Crippen molar-refractivity contribution in [1.82, 2.24) is 4.72 Å². The molecule has 2 N–H and O–H groups in total. The van der Waals surface area contributed by atoms with E-state index in [1.807, 2.05) is 0 Å². The van der Waals surface area contributed by atoms with E-state index in [1.54, 1.807) is 13.8 Å². The first-order valence-electron chi connectivity index (χ1n) is 6.57. The van der Waals surface area contributed by atoms with Crippen LogP contribution in [-0.2, 0) is 14.8 Å². The summed E-state index contributed by atoms with van der Waals surface area (Å²) in [5.74, 6) is -2.24. The zero-order chi connectivity index (χ0) is 16.7. The van der Waals surface area contributed by atoms with Gasteiger partial charge in [0.1, 0.15) is 17.4 Å². The van der Waals surface area contributed by atoms with Gasteiger partial charge in [0, 0.05) is 10.9 Å². The summed E-state index contributed by atoms with van der Waals surface area (Å²) < 4.78 is 45.4. The lowest BCUT2D eigenvalue weighted by Crippen LogP contribution is -2.44. The Morgan fingerprint density at radius 3 is 2.55 bits per heavy atom. The van der Waals surface area contributed by atoms with E-state index in [0.29, 0.717) is 5.39 Å². The molecule has 0 saturated carbocycles. The van der Waals surface area contributed by atoms with E-state index in [4.69, 9.17) is 9.52 Å². The molecule has 2 aromatic rings. The summed E-state index contributed by atoms with van der Waals surface area (Å²) in [6.07, 6.45) is 0. The molecule has 0 aliphatic carbocycles. The normalized spacial score (nSPS) is 13.7. The molecule has 0 unspecified atom stereocenters. The molecule has 0 saturated heterocycles. The van der Waals surface area contributed by atoms with E-state index in [0.717, 1.165) is 6.07 Å². The molecule has 0 spiro atoms. The molecule has 0 radical (unpaired) electrons. The summed E-state index contributed by atoms with van der Waals surface area (Å²) in [7, 11) is -4.17. The first-order valence-corrected chi connectivity index (χ1v) is 8.05. The average Bonchev–Trinajstić information content (AvgIpc) is 2.73. The number of sulfonamides is 1. The number of hydrogen-bond acceptors (Lipinski definition) is 4. The highest BCUT2D eigenvalue weighted by atomic mass is 32.2. The number of aryl methyl sites for hydroxylation is 1. The van der Waals surface area contributed by atoms with Crippen LogP contribution >= 0.6 is 0 Å². The number of nitrogens with one attached hydrogen (secondary N) is 1. The Balaban J connectivity index is 2.50. The van der Waals surface area contributed by atoms with Crippen LogP contribution in [0.1, 0.15) is 19.4 Å². The van der Waals surface area contributed by atoms with Crippen molar-refractivity contribution in [3.05, 3.63) is 29.6 Å². The Bertz CT molecular complexity index is 825. The molecule has 8 heteroatoms. The zero-order valence-electron chi connectivity index (χ0n) is 12.3. The molecule has 120 valence electrons. The van der Waals surface area contributed by atoms with E-state index in [-0.39, 0.29) is 11.1 Å². The van der Waals surface area contributed by atoms with Gasteiger partial charge in [-0.25, -0.2) is 12.8 Å². The molecule has 2 rings (SSSR count). The number of carboxylic acids is 1. The third-order valence-corrected chi connectivity index (χ3v) is 4.76. The minimum Gasteiger partial charge on any atom is -0.480 e. The molecule has 1 aromatic heterocycles. The molecule has 22 heavy (non-hydrogen) atoms. The number of rotatable bonds is 5. The topological polar surface area (TPSA) is 96.6 Å². The van der Waals surface area contributed by atoms with E-state index in [9.17, 15) is 17.6 Å². The van der Waals surface area contributed by atoms with Gasteiger partial charge in [0.05, 0.1) is 0 Å². The summed E-state index contributed by atoms with van der Waals surface area (Å²) in [6, 6.07) is 2.37. The predicted octanol–water partition coefficient (Wildman–Crippen LogP) is 2.27. The lowest BCUT2D eigenvalue weighted by atomic mass is 10.1. The first-order chi connectivity index (χ1) is 10.1. The largest absolute Gasteiger partial charge is 0.480 e. The van der Waals surface area contributed by atoms with Crippen LogP contribution < -0.4 is 4.72 Å². The lowest BCUT2D eigenvalue weighted by Gasteiger charge is -2.17. The van der Waals surface area contributed by atoms with Gasteiger partial charge >= 0.3 is 5.97 Å². The van der Waals surface area contributed by atoms with Crippen molar-refractivity contribution in [1.29, 1.82) is 0 Å². The molecular formula is C14H16FNO5S. The average molecular weight is 329 g/mol. The Kier molecular flexibility index (Phi) is 4.25. The van der Waals surface area contributed by atoms with Crippen LogP contribution in [0.15, 0.2) is 27.7 Å². The Labute approximate surface area is 127 Å². The highest BCUT2D eigenvalue weighted by Gasteiger charge is 2.31. The number of benzene rings is 1. The summed E-state index contributed by atoms with van der Waals surface area (Å²) in [5.41, 5.74) is 0.450. The second-order valence-electron chi connectivity index (χ2n) is 5.34. The first kappa shape index (κ1) is 16.4. The van der Waals surface area contributed by atoms with Gasteiger partial charge in [-0.05, 0) is 31.0 Å². The number of aliphatic carboxylic acids is 1. The molecule has 0 amide bonds. The van der Waals surface area contributed by atoms with Crippen LogP contribution in [0.4, 0.5) is 4.39 Å². The standard InChI is InChI=1S/C14H16FNO5S/c1-7(2)12(13(17)18)16-22(19,20)14-8(3)10-6-9(15)4-5-11(10)21-14/h4-7,12,16H,1-3H3,(H,17,18)/t12-/m1/s1. The third kappa shape index (κ3) is 2.97. The van der Waals surface area contributed by atoms with Gasteiger partial charge in [-0.3, -0.25) is 4.79 Å². The molecule has 0 aliphatic heterocycles. The highest BCUT2D eigenvalue weighted by Crippen LogP contribution is 2.29. The van der Waals surface area contributed by atoms with Crippen LogP contribution in [0, 0.1) is 18.7 Å². The van der Waals surface area contributed by atoms with Crippen LogP contribution in [0.3, 0.4) is 0 Å². The number of carbonyl (C=O) groups is 1. The molecule has 0 fully saturated rings. The molecular weight excluding hydrogens is 313 g/mol. The fourth-order valence-corrected chi connectivity index (χ4v) is 3.65. The van der Waals surface area contributed by atoms with Crippen molar-refractivity contribution in [2.75, 3.05) is 0 Å². The van der Waals surface area contributed by atoms with Crippen LogP contribution in [0.5, 0.6) is 0 Å². The van der Waals surface area contributed by atoms with Gasteiger partial charge in [-0.1, -0.05) is 13.8 Å². The maximum Gasteiger partial charge on any atom is 0.322 e. The van der Waals surface area contributed by atoms with Crippen molar-refractivity contribution >= 4 is 27.0 Å². The van der Waals surface area contributed by atoms with Gasteiger partial charge < -0.3 is 9.52 Å². The maximum atomic E-state index is 13.3. The summed E-state index contributed by atoms with van der Waals surface area (Å²) >= 11 is 0. The smallest absolute Gasteiger partial charge is 0.322 e. The van der Waals surface area contributed by atoms with Crippen molar-refractivity contribution in [2.45, 2.75) is 31.9 Å². The van der Waals surface area contributed by atoms with Crippen LogP contribution in [-0.4, -0.2) is 25.5 Å². The second-order valence-corrected chi connectivity index (χ2v) is 6.95. The molecule has 0 bridgehead atoms. The summed E-state index contributed by atoms with van der Waals surface area (Å²) in [6.45, 7) is 4.65. The summed E-state index contributed by atoms with van der Waals surface area (Å²) in [5, 5.41) is 9.02. The molecule has 1 heterocycles. The zero-order valence-corrected chi connectivity index (χ0v) is 13.1. The van der Waals surface area contributed by atoms with Gasteiger partial charge in [0.25, 0.3) is 10.0 Å². The van der Waals surface area contributed by atoms with E-state index < -0.39 is 38.9 Å². The van der Waals surface area contributed by atoms with E-state index >= 15 is 0 Å². The monoisotopic (exact) mass is 329 g/mol. The molecule has 1 aromatic carbocycles. The predicted molar refractivity (Wildman–Crippen MR) is 77.5 cm³/mol. The SMILES string of the molecule is Cc1c(S(=O)(=O)N[C@@H](C(=O)O)C(C)C)oc2ccc(F)cc12. The van der Waals surface area contributed by atoms with Gasteiger partial charge in [0.2, 0.25) is 5.09 Å². The van der Waals surface area contributed by atoms with Gasteiger partial charge in [0.15, 0.2) is 0 Å². The lowest BCUT2D eigenvalue weighted by molar-refractivity contribution is -0.140. The second kappa shape index (κ2) is 5.69. The number of furan rings is 1.